The van der Waals surface area contributed by atoms with Crippen molar-refractivity contribution in [3.63, 3.8) is 0 Å². The van der Waals surface area contributed by atoms with Gasteiger partial charge in [-0.05, 0) is 42.2 Å². The molecule has 1 amide bonds. The second kappa shape index (κ2) is 8.08. The monoisotopic (exact) mass is 360 g/mol. The first-order valence-electron chi connectivity index (χ1n) is 9.47. The minimum Gasteiger partial charge on any atom is -0.371 e. The molecule has 0 unspecified atom stereocenters. The molecule has 1 aliphatic heterocycles. The van der Waals surface area contributed by atoms with Gasteiger partial charge in [0.15, 0.2) is 0 Å². The van der Waals surface area contributed by atoms with Crippen LogP contribution in [0.2, 0.25) is 0 Å². The third-order valence-corrected chi connectivity index (χ3v) is 5.03. The summed E-state index contributed by atoms with van der Waals surface area (Å²) in [6.07, 6.45) is 6.13. The minimum absolute atomic E-state index is 0.0472. The summed E-state index contributed by atoms with van der Waals surface area (Å²) in [5.74, 6) is -0.0472. The van der Waals surface area contributed by atoms with Gasteiger partial charge in [0.05, 0.1) is 6.54 Å². The molecule has 2 heterocycles. The zero-order valence-electron chi connectivity index (χ0n) is 15.3. The van der Waals surface area contributed by atoms with E-state index in [0.29, 0.717) is 18.7 Å². The summed E-state index contributed by atoms with van der Waals surface area (Å²) >= 11 is 0. The summed E-state index contributed by atoms with van der Waals surface area (Å²) in [6, 6.07) is 18.0. The molecule has 1 saturated heterocycles. The number of benzene rings is 2. The van der Waals surface area contributed by atoms with Crippen LogP contribution in [0.25, 0.3) is 0 Å². The number of anilines is 1. The van der Waals surface area contributed by atoms with Gasteiger partial charge in [0.25, 0.3) is 5.91 Å². The average molecular weight is 360 g/mol. The molecular formula is C22H24N4O. The topological polar surface area (TPSA) is 50.2 Å². The second-order valence-corrected chi connectivity index (χ2v) is 6.87. The van der Waals surface area contributed by atoms with E-state index in [4.69, 9.17) is 0 Å². The van der Waals surface area contributed by atoms with Crippen molar-refractivity contribution in [1.29, 1.82) is 0 Å². The molecule has 1 aromatic heterocycles. The lowest BCUT2D eigenvalue weighted by molar-refractivity contribution is 0.0950. The molecule has 0 atom stereocenters. The Morgan fingerprint density at radius 2 is 1.70 bits per heavy atom. The zero-order chi connectivity index (χ0) is 18.5. The van der Waals surface area contributed by atoms with Crippen molar-refractivity contribution in [2.75, 3.05) is 18.0 Å². The van der Waals surface area contributed by atoms with Crippen molar-refractivity contribution < 1.29 is 4.79 Å². The fraction of sp³-hybridized carbons (Fsp3) is 0.273. The molecule has 1 N–H and O–H groups in total. The molecule has 2 aromatic carbocycles. The molecule has 0 saturated carbocycles. The van der Waals surface area contributed by atoms with Gasteiger partial charge in [-0.15, -0.1) is 0 Å². The summed E-state index contributed by atoms with van der Waals surface area (Å²) < 4.78 is 1.83. The van der Waals surface area contributed by atoms with E-state index in [-0.39, 0.29) is 5.91 Å². The van der Waals surface area contributed by atoms with Gasteiger partial charge in [-0.3, -0.25) is 9.48 Å². The quantitative estimate of drug-likeness (QED) is 0.732. The fourth-order valence-electron chi connectivity index (χ4n) is 3.65. The van der Waals surface area contributed by atoms with Gasteiger partial charge < -0.3 is 10.2 Å². The largest absolute Gasteiger partial charge is 0.371 e. The summed E-state index contributed by atoms with van der Waals surface area (Å²) in [7, 11) is 0. The Morgan fingerprint density at radius 3 is 2.48 bits per heavy atom. The van der Waals surface area contributed by atoms with Crippen LogP contribution < -0.4 is 10.2 Å². The van der Waals surface area contributed by atoms with E-state index >= 15 is 0 Å². The van der Waals surface area contributed by atoms with Crippen LogP contribution in [0, 0.1) is 0 Å². The molecule has 0 bridgehead atoms. The number of carbonyl (C=O) groups is 1. The molecule has 138 valence electrons. The van der Waals surface area contributed by atoms with Crippen LogP contribution in [-0.4, -0.2) is 28.8 Å². The van der Waals surface area contributed by atoms with Crippen LogP contribution in [0.15, 0.2) is 67.0 Å². The molecule has 1 fully saturated rings. The maximum absolute atomic E-state index is 12.8. The van der Waals surface area contributed by atoms with Gasteiger partial charge in [0.1, 0.15) is 0 Å². The third-order valence-electron chi connectivity index (χ3n) is 5.03. The van der Waals surface area contributed by atoms with E-state index in [1.54, 1.807) is 6.20 Å². The van der Waals surface area contributed by atoms with E-state index in [1.807, 2.05) is 47.3 Å². The number of para-hydroxylation sites is 1. The molecule has 1 aliphatic rings. The molecule has 27 heavy (non-hydrogen) atoms. The second-order valence-electron chi connectivity index (χ2n) is 6.87. The highest BCUT2D eigenvalue weighted by Crippen LogP contribution is 2.24. The highest BCUT2D eigenvalue weighted by molar-refractivity contribution is 5.95. The van der Waals surface area contributed by atoms with E-state index < -0.39 is 0 Å². The highest BCUT2D eigenvalue weighted by atomic mass is 16.1. The summed E-state index contributed by atoms with van der Waals surface area (Å²) in [5.41, 5.74) is 4.07. The molecule has 3 aromatic rings. The van der Waals surface area contributed by atoms with Gasteiger partial charge in [-0.25, -0.2) is 0 Å². The SMILES string of the molecule is O=C(NCc1ccccc1N1CCCC1)c1ccccc1Cn1cccn1. The maximum atomic E-state index is 12.8. The van der Waals surface area contributed by atoms with Crippen molar-refractivity contribution in [3.8, 4) is 0 Å². The van der Waals surface area contributed by atoms with Gasteiger partial charge in [0, 0.05) is 43.3 Å². The van der Waals surface area contributed by atoms with Crippen molar-refractivity contribution in [2.24, 2.45) is 0 Å². The lowest BCUT2D eigenvalue weighted by atomic mass is 10.1. The Hall–Kier alpha value is -3.08. The van der Waals surface area contributed by atoms with Crippen molar-refractivity contribution in [3.05, 3.63) is 83.7 Å². The predicted octanol–water partition coefficient (Wildman–Crippen LogP) is 3.46. The van der Waals surface area contributed by atoms with Gasteiger partial charge in [-0.1, -0.05) is 36.4 Å². The van der Waals surface area contributed by atoms with Gasteiger partial charge >= 0.3 is 0 Å². The number of rotatable bonds is 6. The molecule has 5 nitrogen and oxygen atoms in total. The van der Waals surface area contributed by atoms with E-state index in [9.17, 15) is 4.79 Å². The van der Waals surface area contributed by atoms with Crippen LogP contribution in [-0.2, 0) is 13.1 Å². The first-order chi connectivity index (χ1) is 13.3. The van der Waals surface area contributed by atoms with Crippen LogP contribution >= 0.6 is 0 Å². The van der Waals surface area contributed by atoms with Crippen LogP contribution in [0.3, 0.4) is 0 Å². The van der Waals surface area contributed by atoms with Crippen LogP contribution in [0.1, 0.15) is 34.3 Å². The average Bonchev–Trinajstić information content (AvgIpc) is 3.41. The molecule has 0 radical (unpaired) electrons. The predicted molar refractivity (Wildman–Crippen MR) is 107 cm³/mol. The van der Waals surface area contributed by atoms with Crippen molar-refractivity contribution >= 4 is 11.6 Å². The smallest absolute Gasteiger partial charge is 0.251 e. The molecule has 4 rings (SSSR count). The normalized spacial score (nSPS) is 13.7. The Kier molecular flexibility index (Phi) is 5.19. The first-order valence-corrected chi connectivity index (χ1v) is 9.47. The minimum atomic E-state index is -0.0472. The lowest BCUT2D eigenvalue weighted by Crippen LogP contribution is -2.26. The Labute approximate surface area is 159 Å². The van der Waals surface area contributed by atoms with Gasteiger partial charge in [-0.2, -0.15) is 5.10 Å². The summed E-state index contributed by atoms with van der Waals surface area (Å²) in [6.45, 7) is 3.30. The van der Waals surface area contributed by atoms with Crippen molar-refractivity contribution in [2.45, 2.75) is 25.9 Å². The number of amides is 1. The standard InChI is InChI=1S/C22H24N4O/c27-22(20-10-3-1-9-19(20)17-26-15-7-12-24-26)23-16-18-8-2-4-11-21(18)25-13-5-6-14-25/h1-4,7-12,15H,5-6,13-14,16-17H2,(H,23,27). The van der Waals surface area contributed by atoms with E-state index in [0.717, 1.165) is 24.2 Å². The molecule has 0 aliphatic carbocycles. The van der Waals surface area contributed by atoms with Crippen LogP contribution in [0.4, 0.5) is 5.69 Å². The third kappa shape index (κ3) is 4.03. The number of hydrogen-bond acceptors (Lipinski definition) is 3. The lowest BCUT2D eigenvalue weighted by Gasteiger charge is -2.21. The van der Waals surface area contributed by atoms with Crippen molar-refractivity contribution in [1.82, 2.24) is 15.1 Å². The first kappa shape index (κ1) is 17.3. The van der Waals surface area contributed by atoms with E-state index in [1.165, 1.54) is 18.5 Å². The molecule has 0 spiro atoms. The van der Waals surface area contributed by atoms with Crippen LogP contribution in [0.5, 0.6) is 0 Å². The molecular weight excluding hydrogens is 336 g/mol. The zero-order valence-corrected chi connectivity index (χ0v) is 15.3. The Bertz CT molecular complexity index is 898. The number of carbonyl (C=O) groups excluding carboxylic acids is 1. The summed E-state index contributed by atoms with van der Waals surface area (Å²) in [4.78, 5) is 15.3. The Morgan fingerprint density at radius 1 is 0.963 bits per heavy atom. The number of nitrogens with zero attached hydrogens (tertiary/aromatic N) is 3. The number of aromatic nitrogens is 2. The fourth-order valence-corrected chi connectivity index (χ4v) is 3.65. The van der Waals surface area contributed by atoms with E-state index in [2.05, 4.69) is 33.5 Å². The number of nitrogens with one attached hydrogen (secondary N) is 1. The van der Waals surface area contributed by atoms with Gasteiger partial charge in [0.2, 0.25) is 0 Å². The highest BCUT2D eigenvalue weighted by Gasteiger charge is 2.16. The molecule has 5 heteroatoms. The Balaban J connectivity index is 1.48. The summed E-state index contributed by atoms with van der Waals surface area (Å²) in [5, 5.41) is 7.34. The number of hydrogen-bond donors (Lipinski definition) is 1. The maximum Gasteiger partial charge on any atom is 0.251 e.